The molecule has 1 aromatic heterocycles. The van der Waals surface area contributed by atoms with Crippen molar-refractivity contribution in [3.8, 4) is 0 Å². The zero-order chi connectivity index (χ0) is 24.8. The number of aromatic nitrogens is 2. The molecular formula is C26H24N4O5. The predicted octanol–water partition coefficient (Wildman–Crippen LogP) is 2.87. The molecule has 1 N–H and O–H groups in total. The van der Waals surface area contributed by atoms with Crippen LogP contribution in [0.4, 0.5) is 5.69 Å². The molecule has 0 spiro atoms. The highest BCUT2D eigenvalue weighted by Gasteiger charge is 2.15. The van der Waals surface area contributed by atoms with Crippen molar-refractivity contribution in [2.75, 3.05) is 6.54 Å². The average molecular weight is 473 g/mol. The summed E-state index contributed by atoms with van der Waals surface area (Å²) in [6.45, 7) is 0.422. The lowest BCUT2D eigenvalue weighted by molar-refractivity contribution is -0.384. The minimum absolute atomic E-state index is 0.0287. The van der Waals surface area contributed by atoms with E-state index in [4.69, 9.17) is 0 Å². The van der Waals surface area contributed by atoms with Crippen LogP contribution in [0.3, 0.4) is 0 Å². The Labute approximate surface area is 200 Å². The highest BCUT2D eigenvalue weighted by Crippen LogP contribution is 2.15. The third-order valence-electron chi connectivity index (χ3n) is 5.74. The standard InChI is InChI=1S/C26H24N4O5/c31-24(27-15-13-19-7-2-1-3-8-19)14-16-28-25(32)22-11-4-5-12-23(22)29(26(28)33)18-20-9-6-10-21(17-20)30(34)35/h1-12,17H,13-16,18H2,(H,27,31). The smallest absolute Gasteiger partial charge is 0.331 e. The largest absolute Gasteiger partial charge is 0.356 e. The van der Waals surface area contributed by atoms with Gasteiger partial charge in [0.25, 0.3) is 11.2 Å². The molecule has 0 saturated heterocycles. The van der Waals surface area contributed by atoms with E-state index in [1.54, 1.807) is 36.4 Å². The summed E-state index contributed by atoms with van der Waals surface area (Å²) in [6.07, 6.45) is 0.650. The lowest BCUT2D eigenvalue weighted by atomic mass is 10.1. The molecule has 178 valence electrons. The van der Waals surface area contributed by atoms with Gasteiger partial charge in [0, 0.05) is 31.6 Å². The van der Waals surface area contributed by atoms with Gasteiger partial charge >= 0.3 is 5.69 Å². The van der Waals surface area contributed by atoms with Gasteiger partial charge in [0.05, 0.1) is 22.4 Å². The van der Waals surface area contributed by atoms with Gasteiger partial charge in [-0.3, -0.25) is 28.8 Å². The second kappa shape index (κ2) is 10.6. The molecule has 9 nitrogen and oxygen atoms in total. The lowest BCUT2D eigenvalue weighted by Gasteiger charge is -2.14. The normalized spacial score (nSPS) is 10.9. The van der Waals surface area contributed by atoms with Crippen molar-refractivity contribution in [3.63, 3.8) is 0 Å². The van der Waals surface area contributed by atoms with Gasteiger partial charge in [0.2, 0.25) is 5.91 Å². The number of amides is 1. The molecule has 1 amide bonds. The molecule has 9 heteroatoms. The molecule has 0 aliphatic carbocycles. The van der Waals surface area contributed by atoms with E-state index in [1.165, 1.54) is 16.7 Å². The number of non-ortho nitro benzene ring substituents is 1. The summed E-state index contributed by atoms with van der Waals surface area (Å²) in [5.41, 5.74) is 0.950. The summed E-state index contributed by atoms with van der Waals surface area (Å²) in [7, 11) is 0. The van der Waals surface area contributed by atoms with Crippen molar-refractivity contribution >= 4 is 22.5 Å². The Hall–Kier alpha value is -4.53. The highest BCUT2D eigenvalue weighted by molar-refractivity contribution is 5.78. The van der Waals surface area contributed by atoms with Gasteiger partial charge in [-0.2, -0.15) is 0 Å². The second-order valence-electron chi connectivity index (χ2n) is 8.11. The summed E-state index contributed by atoms with van der Waals surface area (Å²) >= 11 is 0. The number of nitrogens with zero attached hydrogens (tertiary/aromatic N) is 3. The third-order valence-corrected chi connectivity index (χ3v) is 5.74. The van der Waals surface area contributed by atoms with Crippen LogP contribution >= 0.6 is 0 Å². The van der Waals surface area contributed by atoms with Crippen LogP contribution in [-0.2, 0) is 24.3 Å². The maximum absolute atomic E-state index is 13.3. The Kier molecular flexibility index (Phi) is 7.15. The Morgan fingerprint density at radius 3 is 2.37 bits per heavy atom. The van der Waals surface area contributed by atoms with Crippen LogP contribution in [0.25, 0.3) is 10.9 Å². The number of hydrogen-bond acceptors (Lipinski definition) is 5. The van der Waals surface area contributed by atoms with Crippen LogP contribution in [0.5, 0.6) is 0 Å². The zero-order valence-electron chi connectivity index (χ0n) is 18.9. The van der Waals surface area contributed by atoms with E-state index >= 15 is 0 Å². The number of nitrogens with one attached hydrogen (secondary N) is 1. The van der Waals surface area contributed by atoms with Crippen LogP contribution in [0.15, 0.2) is 88.5 Å². The van der Waals surface area contributed by atoms with Crippen molar-refractivity contribution in [3.05, 3.63) is 121 Å². The monoisotopic (exact) mass is 472 g/mol. The molecule has 0 unspecified atom stereocenters. The fourth-order valence-electron chi connectivity index (χ4n) is 3.96. The first kappa shape index (κ1) is 23.6. The van der Waals surface area contributed by atoms with E-state index in [1.807, 2.05) is 30.3 Å². The number of benzene rings is 3. The molecule has 35 heavy (non-hydrogen) atoms. The molecule has 0 bridgehead atoms. The third kappa shape index (κ3) is 5.52. The van der Waals surface area contributed by atoms with Gasteiger partial charge < -0.3 is 5.32 Å². The number of nitro groups is 1. The van der Waals surface area contributed by atoms with Gasteiger partial charge in [-0.05, 0) is 29.7 Å². The number of hydrogen-bond donors (Lipinski definition) is 1. The van der Waals surface area contributed by atoms with Crippen LogP contribution in [0, 0.1) is 10.1 Å². The number of carbonyl (C=O) groups excluding carboxylic acids is 1. The topological polar surface area (TPSA) is 116 Å². The molecule has 4 aromatic rings. The Balaban J connectivity index is 1.56. The molecule has 0 saturated carbocycles. The van der Waals surface area contributed by atoms with Gasteiger partial charge in [-0.25, -0.2) is 4.79 Å². The Morgan fingerprint density at radius 2 is 1.60 bits per heavy atom. The summed E-state index contributed by atoms with van der Waals surface area (Å²) in [5.74, 6) is -0.259. The molecule has 0 fully saturated rings. The second-order valence-corrected chi connectivity index (χ2v) is 8.11. The molecule has 0 aliphatic heterocycles. The Bertz CT molecular complexity index is 1490. The van der Waals surface area contributed by atoms with Crippen LogP contribution in [0.1, 0.15) is 17.5 Å². The van der Waals surface area contributed by atoms with E-state index < -0.39 is 16.2 Å². The molecule has 3 aromatic carbocycles. The highest BCUT2D eigenvalue weighted by atomic mass is 16.6. The SMILES string of the molecule is O=C(CCn1c(=O)c2ccccc2n(Cc2cccc([N+](=O)[O-])c2)c1=O)NCCc1ccccc1. The molecule has 4 rings (SSSR count). The zero-order valence-corrected chi connectivity index (χ0v) is 18.9. The van der Waals surface area contributed by atoms with E-state index in [0.717, 1.165) is 10.1 Å². The average Bonchev–Trinajstić information content (AvgIpc) is 2.87. The lowest BCUT2D eigenvalue weighted by Crippen LogP contribution is -2.41. The van der Waals surface area contributed by atoms with Crippen molar-refractivity contribution in [2.24, 2.45) is 0 Å². The molecule has 1 heterocycles. The molecule has 0 radical (unpaired) electrons. The van der Waals surface area contributed by atoms with Crippen molar-refractivity contribution < 1.29 is 9.72 Å². The van der Waals surface area contributed by atoms with Gasteiger partial charge in [-0.1, -0.05) is 54.6 Å². The van der Waals surface area contributed by atoms with Gasteiger partial charge in [0.15, 0.2) is 0 Å². The van der Waals surface area contributed by atoms with Crippen molar-refractivity contribution in [2.45, 2.75) is 25.9 Å². The summed E-state index contributed by atoms with van der Waals surface area (Å²) in [5, 5.41) is 14.3. The number of fused-ring (bicyclic) bond motifs is 1. The molecular weight excluding hydrogens is 448 g/mol. The molecule has 0 aliphatic rings. The van der Waals surface area contributed by atoms with Gasteiger partial charge in [-0.15, -0.1) is 0 Å². The van der Waals surface area contributed by atoms with Gasteiger partial charge in [0.1, 0.15) is 0 Å². The van der Waals surface area contributed by atoms with Crippen molar-refractivity contribution in [1.29, 1.82) is 0 Å². The minimum Gasteiger partial charge on any atom is -0.356 e. The fourth-order valence-corrected chi connectivity index (χ4v) is 3.96. The summed E-state index contributed by atoms with van der Waals surface area (Å²) in [6, 6.07) is 22.5. The van der Waals surface area contributed by atoms with E-state index in [2.05, 4.69) is 5.32 Å². The number of rotatable bonds is 9. The first-order valence-electron chi connectivity index (χ1n) is 11.2. The van der Waals surface area contributed by atoms with Crippen LogP contribution < -0.4 is 16.6 Å². The quantitative estimate of drug-likeness (QED) is 0.297. The van der Waals surface area contributed by atoms with E-state index in [0.29, 0.717) is 29.4 Å². The van der Waals surface area contributed by atoms with Crippen LogP contribution in [0.2, 0.25) is 0 Å². The maximum Gasteiger partial charge on any atom is 0.331 e. The van der Waals surface area contributed by atoms with Crippen molar-refractivity contribution in [1.82, 2.24) is 14.5 Å². The summed E-state index contributed by atoms with van der Waals surface area (Å²) in [4.78, 5) is 49.4. The first-order chi connectivity index (χ1) is 16.9. The number of nitro benzene ring substituents is 1. The van der Waals surface area contributed by atoms with E-state index in [-0.39, 0.29) is 31.1 Å². The van der Waals surface area contributed by atoms with Crippen LogP contribution in [-0.4, -0.2) is 26.5 Å². The Morgan fingerprint density at radius 1 is 0.886 bits per heavy atom. The minimum atomic E-state index is -0.572. The predicted molar refractivity (Wildman–Crippen MR) is 132 cm³/mol. The first-order valence-corrected chi connectivity index (χ1v) is 11.2. The van der Waals surface area contributed by atoms with E-state index in [9.17, 15) is 24.5 Å². The number of carbonyl (C=O) groups is 1. The molecule has 0 atom stereocenters. The summed E-state index contributed by atoms with van der Waals surface area (Å²) < 4.78 is 2.46. The fraction of sp³-hybridized carbons (Fsp3) is 0.192. The maximum atomic E-state index is 13.3. The number of para-hydroxylation sites is 1.